The molecule has 0 saturated carbocycles. The molecule has 1 nitrogen and oxygen atoms in total. The van der Waals surface area contributed by atoms with Crippen molar-refractivity contribution in [3.8, 4) is 0 Å². The van der Waals surface area contributed by atoms with Gasteiger partial charge in [0, 0.05) is 12.8 Å². The summed E-state index contributed by atoms with van der Waals surface area (Å²) in [6.45, 7) is 11.3. The third-order valence-corrected chi connectivity index (χ3v) is 2.62. The second kappa shape index (κ2) is 5.34. The maximum absolute atomic E-state index is 4.33. The first-order valence-corrected chi connectivity index (χ1v) is 4.94. The van der Waals surface area contributed by atoms with Gasteiger partial charge in [-0.25, -0.2) is 0 Å². The van der Waals surface area contributed by atoms with Crippen LogP contribution in [-0.2, 0) is 0 Å². The predicted molar refractivity (Wildman–Crippen MR) is 56.8 cm³/mol. The molecule has 0 N–H and O–H groups in total. The minimum Gasteiger partial charge on any atom is -0.297 e. The minimum atomic E-state index is 0.608. The van der Waals surface area contributed by atoms with E-state index in [2.05, 4.69) is 39.6 Å². The molecule has 0 heterocycles. The molecule has 0 aromatic rings. The zero-order valence-electron chi connectivity index (χ0n) is 9.39. The molecule has 0 aliphatic heterocycles. The summed E-state index contributed by atoms with van der Waals surface area (Å²) in [6, 6.07) is 0. The number of aliphatic imine (C=N–C) groups is 1. The fraction of sp³-hybridized carbons (Fsp3) is 0.909. The Morgan fingerprint density at radius 1 is 1.08 bits per heavy atom. The average Bonchev–Trinajstić information content (AvgIpc) is 1.98. The summed E-state index contributed by atoms with van der Waals surface area (Å²) in [6.07, 6.45) is 1.16. The van der Waals surface area contributed by atoms with Gasteiger partial charge in [0.25, 0.3) is 0 Å². The number of hydrogen-bond acceptors (Lipinski definition) is 1. The Morgan fingerprint density at radius 2 is 1.58 bits per heavy atom. The average molecular weight is 169 g/mol. The maximum Gasteiger partial charge on any atom is 0.0276 e. The lowest BCUT2D eigenvalue weighted by Gasteiger charge is -2.18. The van der Waals surface area contributed by atoms with Gasteiger partial charge in [-0.1, -0.05) is 34.6 Å². The standard InChI is InChI=1S/C11H23N/c1-8(2)10(5)7-11(12-6)9(3)4/h8-10H,7H2,1-6H3. The number of hydrogen-bond donors (Lipinski definition) is 0. The lowest BCUT2D eigenvalue weighted by molar-refractivity contribution is 0.428. The molecular formula is C11H23N. The molecule has 1 atom stereocenters. The highest BCUT2D eigenvalue weighted by Crippen LogP contribution is 2.17. The second-order valence-electron chi connectivity index (χ2n) is 4.30. The number of nitrogens with zero attached hydrogens (tertiary/aromatic N) is 1. The summed E-state index contributed by atoms with van der Waals surface area (Å²) in [5.74, 6) is 2.13. The van der Waals surface area contributed by atoms with Gasteiger partial charge in [0.05, 0.1) is 0 Å². The molecule has 0 bridgehead atoms. The van der Waals surface area contributed by atoms with E-state index < -0.39 is 0 Å². The summed E-state index contributed by atoms with van der Waals surface area (Å²) < 4.78 is 0. The van der Waals surface area contributed by atoms with E-state index in [4.69, 9.17) is 0 Å². The van der Waals surface area contributed by atoms with Gasteiger partial charge in [-0.2, -0.15) is 0 Å². The summed E-state index contributed by atoms with van der Waals surface area (Å²) in [5.41, 5.74) is 1.36. The normalized spacial score (nSPS) is 15.8. The molecule has 0 spiro atoms. The Bertz CT molecular complexity index is 145. The van der Waals surface area contributed by atoms with Crippen molar-refractivity contribution in [2.75, 3.05) is 7.05 Å². The molecular weight excluding hydrogens is 146 g/mol. The fourth-order valence-electron chi connectivity index (χ4n) is 1.15. The van der Waals surface area contributed by atoms with Crippen molar-refractivity contribution in [1.82, 2.24) is 0 Å². The third kappa shape index (κ3) is 3.89. The Hall–Kier alpha value is -0.330. The summed E-state index contributed by atoms with van der Waals surface area (Å²) in [7, 11) is 1.91. The van der Waals surface area contributed by atoms with Crippen LogP contribution in [0.5, 0.6) is 0 Å². The number of rotatable bonds is 4. The van der Waals surface area contributed by atoms with E-state index in [-0.39, 0.29) is 0 Å². The van der Waals surface area contributed by atoms with Crippen LogP contribution in [-0.4, -0.2) is 12.8 Å². The van der Waals surface area contributed by atoms with Gasteiger partial charge in [0.2, 0.25) is 0 Å². The summed E-state index contributed by atoms with van der Waals surface area (Å²) >= 11 is 0. The van der Waals surface area contributed by atoms with Crippen molar-refractivity contribution in [1.29, 1.82) is 0 Å². The van der Waals surface area contributed by atoms with Crippen LogP contribution in [0.1, 0.15) is 41.0 Å². The van der Waals surface area contributed by atoms with E-state index in [1.54, 1.807) is 0 Å². The smallest absolute Gasteiger partial charge is 0.0276 e. The zero-order valence-corrected chi connectivity index (χ0v) is 9.39. The van der Waals surface area contributed by atoms with Gasteiger partial charge in [0.1, 0.15) is 0 Å². The van der Waals surface area contributed by atoms with Crippen molar-refractivity contribution >= 4 is 5.71 Å². The molecule has 0 aliphatic carbocycles. The zero-order chi connectivity index (χ0) is 9.72. The van der Waals surface area contributed by atoms with Crippen LogP contribution in [0.4, 0.5) is 0 Å². The van der Waals surface area contributed by atoms with Gasteiger partial charge in [-0.05, 0) is 24.2 Å². The Labute approximate surface area is 77.3 Å². The van der Waals surface area contributed by atoms with Gasteiger partial charge in [-0.3, -0.25) is 4.99 Å². The van der Waals surface area contributed by atoms with E-state index >= 15 is 0 Å². The van der Waals surface area contributed by atoms with Gasteiger partial charge in [-0.15, -0.1) is 0 Å². The van der Waals surface area contributed by atoms with Crippen molar-refractivity contribution in [2.24, 2.45) is 22.7 Å². The van der Waals surface area contributed by atoms with Crippen LogP contribution in [0.15, 0.2) is 4.99 Å². The molecule has 1 unspecified atom stereocenters. The SMILES string of the molecule is CN=C(CC(C)C(C)C)C(C)C. The lowest BCUT2D eigenvalue weighted by atomic mass is 9.89. The first-order chi connectivity index (χ1) is 5.49. The van der Waals surface area contributed by atoms with Crippen LogP contribution >= 0.6 is 0 Å². The van der Waals surface area contributed by atoms with E-state index in [9.17, 15) is 0 Å². The Morgan fingerprint density at radius 3 is 1.83 bits per heavy atom. The molecule has 0 aromatic carbocycles. The van der Waals surface area contributed by atoms with Crippen LogP contribution in [0, 0.1) is 17.8 Å². The quantitative estimate of drug-likeness (QED) is 0.572. The lowest BCUT2D eigenvalue weighted by Crippen LogP contribution is -2.15. The summed E-state index contributed by atoms with van der Waals surface area (Å²) in [5, 5.41) is 0. The molecule has 0 fully saturated rings. The predicted octanol–water partition coefficient (Wildman–Crippen LogP) is 3.40. The molecule has 0 aliphatic rings. The first kappa shape index (κ1) is 11.7. The highest BCUT2D eigenvalue weighted by atomic mass is 14.7. The van der Waals surface area contributed by atoms with Crippen molar-refractivity contribution in [3.05, 3.63) is 0 Å². The fourth-order valence-corrected chi connectivity index (χ4v) is 1.15. The van der Waals surface area contributed by atoms with Crippen LogP contribution in [0.25, 0.3) is 0 Å². The summed E-state index contributed by atoms with van der Waals surface area (Å²) in [4.78, 5) is 4.33. The highest BCUT2D eigenvalue weighted by molar-refractivity contribution is 5.86. The second-order valence-corrected chi connectivity index (χ2v) is 4.30. The Kier molecular flexibility index (Phi) is 5.19. The third-order valence-electron chi connectivity index (χ3n) is 2.62. The molecule has 0 aromatic heterocycles. The molecule has 0 amide bonds. The van der Waals surface area contributed by atoms with Gasteiger partial charge in [0.15, 0.2) is 0 Å². The monoisotopic (exact) mass is 169 g/mol. The van der Waals surface area contributed by atoms with Crippen molar-refractivity contribution < 1.29 is 0 Å². The highest BCUT2D eigenvalue weighted by Gasteiger charge is 2.12. The van der Waals surface area contributed by atoms with E-state index in [1.807, 2.05) is 7.05 Å². The molecule has 0 rings (SSSR count). The van der Waals surface area contributed by atoms with Gasteiger partial charge >= 0.3 is 0 Å². The van der Waals surface area contributed by atoms with Crippen LogP contribution < -0.4 is 0 Å². The van der Waals surface area contributed by atoms with Crippen molar-refractivity contribution in [3.63, 3.8) is 0 Å². The molecule has 0 radical (unpaired) electrons. The van der Waals surface area contributed by atoms with Gasteiger partial charge < -0.3 is 0 Å². The first-order valence-electron chi connectivity index (χ1n) is 4.94. The van der Waals surface area contributed by atoms with Crippen molar-refractivity contribution in [2.45, 2.75) is 41.0 Å². The van der Waals surface area contributed by atoms with E-state index in [0.717, 1.165) is 18.3 Å². The molecule has 72 valence electrons. The topological polar surface area (TPSA) is 12.4 Å². The molecule has 0 saturated heterocycles. The van der Waals surface area contributed by atoms with E-state index in [0.29, 0.717) is 5.92 Å². The van der Waals surface area contributed by atoms with Crippen LogP contribution in [0.3, 0.4) is 0 Å². The molecule has 1 heteroatoms. The van der Waals surface area contributed by atoms with Crippen LogP contribution in [0.2, 0.25) is 0 Å². The molecule has 12 heavy (non-hydrogen) atoms. The van der Waals surface area contributed by atoms with E-state index in [1.165, 1.54) is 5.71 Å². The maximum atomic E-state index is 4.33. The minimum absolute atomic E-state index is 0.608. The largest absolute Gasteiger partial charge is 0.297 e. The Balaban J connectivity index is 4.05.